The fraction of sp³-hybridized carbons (Fsp3) is 0.375. The van der Waals surface area contributed by atoms with E-state index in [2.05, 4.69) is 26.3 Å². The van der Waals surface area contributed by atoms with Crippen LogP contribution in [0.15, 0.2) is 17.1 Å². The van der Waals surface area contributed by atoms with Crippen LogP contribution in [0.2, 0.25) is 0 Å². The summed E-state index contributed by atoms with van der Waals surface area (Å²) in [5, 5.41) is 20.6. The summed E-state index contributed by atoms with van der Waals surface area (Å²) >= 11 is 0. The van der Waals surface area contributed by atoms with Crippen molar-refractivity contribution in [2.24, 2.45) is 0 Å². The van der Waals surface area contributed by atoms with Gasteiger partial charge in [0.1, 0.15) is 11.6 Å². The molecule has 3 heterocycles. The lowest BCUT2D eigenvalue weighted by Gasteiger charge is -2.11. The quantitative estimate of drug-likeness (QED) is 0.774. The summed E-state index contributed by atoms with van der Waals surface area (Å²) in [5.41, 5.74) is 3.70. The molecule has 1 fully saturated rings. The molecule has 0 spiro atoms. The van der Waals surface area contributed by atoms with Crippen LogP contribution in [-0.4, -0.2) is 24.8 Å². The molecule has 23 heavy (non-hydrogen) atoms. The van der Waals surface area contributed by atoms with Crippen LogP contribution in [-0.2, 0) is 0 Å². The van der Waals surface area contributed by atoms with E-state index in [1.807, 2.05) is 19.9 Å². The van der Waals surface area contributed by atoms with E-state index < -0.39 is 0 Å². The fourth-order valence-corrected chi connectivity index (χ4v) is 2.91. The lowest BCUT2D eigenvalue weighted by molar-refractivity contribution is 0.796. The van der Waals surface area contributed by atoms with E-state index in [0.29, 0.717) is 28.4 Å². The topological polar surface area (TPSA) is 103 Å². The summed E-state index contributed by atoms with van der Waals surface area (Å²) in [6.07, 6.45) is 3.74. The molecule has 7 nitrogen and oxygen atoms in total. The predicted octanol–water partition coefficient (Wildman–Crippen LogP) is 2.29. The van der Waals surface area contributed by atoms with Gasteiger partial charge in [-0.2, -0.15) is 20.0 Å². The zero-order valence-electron chi connectivity index (χ0n) is 12.9. The van der Waals surface area contributed by atoms with E-state index in [1.165, 1.54) is 10.7 Å². The van der Waals surface area contributed by atoms with Crippen molar-refractivity contribution in [3.63, 3.8) is 0 Å². The molecular weight excluding hydrogens is 292 g/mol. The molecule has 0 bridgehead atoms. The van der Waals surface area contributed by atoms with Crippen molar-refractivity contribution in [2.75, 3.05) is 0 Å². The molecule has 2 N–H and O–H groups in total. The van der Waals surface area contributed by atoms with Gasteiger partial charge in [0.15, 0.2) is 5.65 Å². The minimum Gasteiger partial charge on any atom is -0.337 e. The maximum absolute atomic E-state index is 12.8. The number of aromatic amines is 2. The Labute approximate surface area is 132 Å². The molecule has 0 aromatic carbocycles. The Kier molecular flexibility index (Phi) is 2.88. The smallest absolute Gasteiger partial charge is 0.278 e. The number of nitrogens with one attached hydrogen (secondary N) is 2. The predicted molar refractivity (Wildman–Crippen MR) is 84.2 cm³/mol. The fourth-order valence-electron chi connectivity index (χ4n) is 2.91. The molecule has 0 unspecified atom stereocenters. The molecule has 116 valence electrons. The highest BCUT2D eigenvalue weighted by molar-refractivity contribution is 5.65. The van der Waals surface area contributed by atoms with E-state index in [-0.39, 0.29) is 11.5 Å². The van der Waals surface area contributed by atoms with Gasteiger partial charge in [-0.3, -0.25) is 9.89 Å². The Balaban J connectivity index is 2.00. The Hall–Kier alpha value is -2.88. The Morgan fingerprint density at radius 3 is 2.87 bits per heavy atom. The average molecular weight is 308 g/mol. The SMILES string of the molecule is CC(C)c1c(-c2cc(C3CC3)n[nH]2)[nH]c2c(C#N)cnn2c1=O. The van der Waals surface area contributed by atoms with Crippen molar-refractivity contribution in [3.8, 4) is 17.5 Å². The van der Waals surface area contributed by atoms with Gasteiger partial charge in [0, 0.05) is 11.5 Å². The number of hydrogen-bond donors (Lipinski definition) is 2. The van der Waals surface area contributed by atoms with Crippen molar-refractivity contribution in [2.45, 2.75) is 38.5 Å². The second-order valence-electron chi connectivity index (χ2n) is 6.28. The monoisotopic (exact) mass is 308 g/mol. The Morgan fingerprint density at radius 2 is 2.22 bits per heavy atom. The maximum Gasteiger partial charge on any atom is 0.278 e. The highest BCUT2D eigenvalue weighted by Gasteiger charge is 2.27. The minimum absolute atomic E-state index is 0.0144. The summed E-state index contributed by atoms with van der Waals surface area (Å²) in [6, 6.07) is 4.05. The molecule has 1 aliphatic carbocycles. The Morgan fingerprint density at radius 1 is 1.43 bits per heavy atom. The van der Waals surface area contributed by atoms with Gasteiger partial charge in [-0.1, -0.05) is 13.8 Å². The number of nitriles is 1. The first kappa shape index (κ1) is 13.8. The van der Waals surface area contributed by atoms with Crippen molar-refractivity contribution in [3.05, 3.63) is 39.4 Å². The van der Waals surface area contributed by atoms with Crippen LogP contribution >= 0.6 is 0 Å². The molecule has 4 rings (SSSR count). The van der Waals surface area contributed by atoms with E-state index in [9.17, 15) is 10.1 Å². The molecule has 3 aromatic heterocycles. The largest absolute Gasteiger partial charge is 0.337 e. The first-order valence-electron chi connectivity index (χ1n) is 7.69. The molecule has 0 aliphatic heterocycles. The molecule has 7 heteroatoms. The molecular formula is C16H16N6O. The van der Waals surface area contributed by atoms with Gasteiger partial charge in [-0.05, 0) is 24.8 Å². The first-order chi connectivity index (χ1) is 11.1. The third-order valence-electron chi connectivity index (χ3n) is 4.27. The zero-order chi connectivity index (χ0) is 16.1. The van der Waals surface area contributed by atoms with Gasteiger partial charge < -0.3 is 4.98 Å². The normalized spacial score (nSPS) is 14.5. The van der Waals surface area contributed by atoms with E-state index in [4.69, 9.17) is 0 Å². The van der Waals surface area contributed by atoms with Gasteiger partial charge in [-0.15, -0.1) is 0 Å². The highest BCUT2D eigenvalue weighted by atomic mass is 16.1. The van der Waals surface area contributed by atoms with Crippen molar-refractivity contribution in [1.82, 2.24) is 24.8 Å². The molecule has 0 radical (unpaired) electrons. The van der Waals surface area contributed by atoms with Crippen LogP contribution in [0.5, 0.6) is 0 Å². The lowest BCUT2D eigenvalue weighted by atomic mass is 10.0. The number of fused-ring (bicyclic) bond motifs is 1. The van der Waals surface area contributed by atoms with Crippen LogP contribution in [0.3, 0.4) is 0 Å². The summed E-state index contributed by atoms with van der Waals surface area (Å²) < 4.78 is 1.26. The van der Waals surface area contributed by atoms with Gasteiger partial charge in [-0.25, -0.2) is 0 Å². The third kappa shape index (κ3) is 2.06. The van der Waals surface area contributed by atoms with Crippen LogP contribution in [0.1, 0.15) is 55.3 Å². The molecule has 1 aliphatic rings. The van der Waals surface area contributed by atoms with E-state index >= 15 is 0 Å². The van der Waals surface area contributed by atoms with Crippen LogP contribution in [0, 0.1) is 11.3 Å². The second kappa shape index (κ2) is 4.81. The number of rotatable bonds is 3. The van der Waals surface area contributed by atoms with Crippen molar-refractivity contribution >= 4 is 5.65 Å². The average Bonchev–Trinajstić information content (AvgIpc) is 3.11. The summed E-state index contributed by atoms with van der Waals surface area (Å²) in [4.78, 5) is 16.0. The van der Waals surface area contributed by atoms with Gasteiger partial charge in [0.2, 0.25) is 0 Å². The van der Waals surface area contributed by atoms with E-state index in [0.717, 1.165) is 24.2 Å². The van der Waals surface area contributed by atoms with Gasteiger partial charge in [0.05, 0.1) is 23.3 Å². The molecule has 3 aromatic rings. The summed E-state index contributed by atoms with van der Waals surface area (Å²) in [6.45, 7) is 3.93. The standard InChI is InChI=1S/C16H16N6O/c1-8(2)13-14(12-5-11(20-21-12)9-3-4-9)19-15-10(6-17)7-18-22(15)16(13)23/h5,7-9,19H,3-4H2,1-2H3,(H,20,21). The van der Waals surface area contributed by atoms with Crippen molar-refractivity contribution in [1.29, 1.82) is 5.26 Å². The Bertz CT molecular complexity index is 996. The third-order valence-corrected chi connectivity index (χ3v) is 4.27. The molecule has 0 atom stereocenters. The number of nitrogens with zero attached hydrogens (tertiary/aromatic N) is 4. The number of aromatic nitrogens is 5. The molecule has 1 saturated carbocycles. The van der Waals surface area contributed by atoms with Crippen LogP contribution < -0.4 is 5.56 Å². The summed E-state index contributed by atoms with van der Waals surface area (Å²) in [7, 11) is 0. The molecule has 0 amide bonds. The number of H-pyrrole nitrogens is 2. The summed E-state index contributed by atoms with van der Waals surface area (Å²) in [5.74, 6) is 0.545. The van der Waals surface area contributed by atoms with Gasteiger partial charge in [0.25, 0.3) is 5.56 Å². The molecule has 0 saturated heterocycles. The lowest BCUT2D eigenvalue weighted by Crippen LogP contribution is -2.22. The zero-order valence-corrected chi connectivity index (χ0v) is 12.9. The van der Waals surface area contributed by atoms with Crippen LogP contribution in [0.4, 0.5) is 0 Å². The second-order valence-corrected chi connectivity index (χ2v) is 6.28. The van der Waals surface area contributed by atoms with Crippen LogP contribution in [0.25, 0.3) is 17.0 Å². The highest BCUT2D eigenvalue weighted by Crippen LogP contribution is 2.40. The minimum atomic E-state index is -0.201. The first-order valence-corrected chi connectivity index (χ1v) is 7.69. The van der Waals surface area contributed by atoms with E-state index in [1.54, 1.807) is 0 Å². The number of hydrogen-bond acceptors (Lipinski definition) is 4. The maximum atomic E-state index is 12.8. The van der Waals surface area contributed by atoms with Gasteiger partial charge >= 0.3 is 0 Å². The van der Waals surface area contributed by atoms with Crippen molar-refractivity contribution < 1.29 is 0 Å².